The fourth-order valence-electron chi connectivity index (χ4n) is 2.67. The molecule has 1 aliphatic carbocycles. The molecule has 0 aliphatic heterocycles. The molecule has 0 bridgehead atoms. The lowest BCUT2D eigenvalue weighted by Crippen LogP contribution is -2.40. The molecule has 0 saturated heterocycles. The van der Waals surface area contributed by atoms with Gasteiger partial charge in [0.1, 0.15) is 0 Å². The van der Waals surface area contributed by atoms with Gasteiger partial charge < -0.3 is 5.32 Å². The zero-order valence-corrected chi connectivity index (χ0v) is 11.4. The highest BCUT2D eigenvalue weighted by Gasteiger charge is 2.34. The van der Waals surface area contributed by atoms with E-state index in [0.29, 0.717) is 11.5 Å². The highest BCUT2D eigenvalue weighted by molar-refractivity contribution is 5.32. The largest absolute Gasteiger partial charge is 0.310 e. The van der Waals surface area contributed by atoms with Crippen LogP contribution in [-0.4, -0.2) is 6.54 Å². The zero-order chi connectivity index (χ0) is 13.0. The van der Waals surface area contributed by atoms with Crippen LogP contribution < -0.4 is 5.32 Å². The number of nitrogens with one attached hydrogen (secondary N) is 1. The Bertz CT molecular complexity index is 418. The normalized spacial score (nSPS) is 18.7. The Labute approximate surface area is 110 Å². The van der Waals surface area contributed by atoms with E-state index in [-0.39, 0.29) is 0 Å². The summed E-state index contributed by atoms with van der Waals surface area (Å²) in [6.07, 6.45) is 5.41. The van der Waals surface area contributed by atoms with E-state index in [1.54, 1.807) is 0 Å². The topological polar surface area (TPSA) is 35.8 Å². The Hall–Kier alpha value is -1.33. The van der Waals surface area contributed by atoms with Crippen molar-refractivity contribution in [3.05, 3.63) is 35.4 Å². The molecule has 0 amide bonds. The maximum absolute atomic E-state index is 8.78. The molecular formula is C16H22N2. The molecule has 1 aliphatic rings. The molecular weight excluding hydrogens is 220 g/mol. The first-order valence-corrected chi connectivity index (χ1v) is 6.92. The fourth-order valence-corrected chi connectivity index (χ4v) is 2.67. The Morgan fingerprint density at radius 2 is 2.00 bits per heavy atom. The summed E-state index contributed by atoms with van der Waals surface area (Å²) >= 11 is 0. The third-order valence-corrected chi connectivity index (χ3v) is 4.49. The predicted octanol–water partition coefficient (Wildman–Crippen LogP) is 3.79. The molecule has 0 heterocycles. The number of hydrogen-bond donors (Lipinski definition) is 1. The minimum Gasteiger partial charge on any atom is -0.310 e. The summed E-state index contributed by atoms with van der Waals surface area (Å²) in [5.41, 5.74) is 2.55. The van der Waals surface area contributed by atoms with Gasteiger partial charge in [0.15, 0.2) is 0 Å². The molecule has 0 aromatic heterocycles. The van der Waals surface area contributed by atoms with E-state index in [4.69, 9.17) is 5.26 Å². The summed E-state index contributed by atoms with van der Waals surface area (Å²) in [5, 5.41) is 12.4. The number of hydrogen-bond acceptors (Lipinski definition) is 2. The van der Waals surface area contributed by atoms with Gasteiger partial charge in [-0.25, -0.2) is 0 Å². The Morgan fingerprint density at radius 3 is 2.44 bits per heavy atom. The van der Waals surface area contributed by atoms with Crippen LogP contribution in [0.15, 0.2) is 24.3 Å². The second-order valence-electron chi connectivity index (χ2n) is 5.54. The minimum atomic E-state index is 0.363. The van der Waals surface area contributed by atoms with E-state index in [9.17, 15) is 0 Å². The SMILES string of the molecule is CCC1(CNC(C)c2ccc(C#N)cc2)CCC1. The van der Waals surface area contributed by atoms with Crippen molar-refractivity contribution in [2.24, 2.45) is 5.41 Å². The number of nitriles is 1. The molecule has 2 rings (SSSR count). The predicted molar refractivity (Wildman–Crippen MR) is 74.1 cm³/mol. The van der Waals surface area contributed by atoms with Crippen LogP contribution in [-0.2, 0) is 0 Å². The molecule has 1 aromatic carbocycles. The first-order chi connectivity index (χ1) is 8.69. The summed E-state index contributed by atoms with van der Waals surface area (Å²) < 4.78 is 0. The van der Waals surface area contributed by atoms with Gasteiger partial charge in [-0.2, -0.15) is 5.26 Å². The smallest absolute Gasteiger partial charge is 0.0991 e. The van der Waals surface area contributed by atoms with Crippen molar-refractivity contribution >= 4 is 0 Å². The first kappa shape index (κ1) is 13.1. The lowest BCUT2D eigenvalue weighted by atomic mass is 9.67. The third kappa shape index (κ3) is 2.73. The maximum atomic E-state index is 8.78. The Kier molecular flexibility index (Phi) is 4.04. The van der Waals surface area contributed by atoms with Crippen LogP contribution >= 0.6 is 0 Å². The molecule has 1 aromatic rings. The van der Waals surface area contributed by atoms with E-state index < -0.39 is 0 Å². The molecule has 1 atom stereocenters. The van der Waals surface area contributed by atoms with Gasteiger partial charge >= 0.3 is 0 Å². The molecule has 2 nitrogen and oxygen atoms in total. The Morgan fingerprint density at radius 1 is 1.33 bits per heavy atom. The molecule has 1 N–H and O–H groups in total. The van der Waals surface area contributed by atoms with Crippen LogP contribution in [0.2, 0.25) is 0 Å². The molecule has 0 radical (unpaired) electrons. The maximum Gasteiger partial charge on any atom is 0.0991 e. The van der Waals surface area contributed by atoms with Gasteiger partial charge in [-0.1, -0.05) is 25.5 Å². The molecule has 0 spiro atoms. The summed E-state index contributed by atoms with van der Waals surface area (Å²) in [5.74, 6) is 0. The van der Waals surface area contributed by atoms with Crippen LogP contribution in [0.1, 0.15) is 56.7 Å². The quantitative estimate of drug-likeness (QED) is 0.852. The molecule has 1 fully saturated rings. The minimum absolute atomic E-state index is 0.363. The summed E-state index contributed by atoms with van der Waals surface area (Å²) in [6, 6.07) is 10.4. The molecule has 18 heavy (non-hydrogen) atoms. The van der Waals surface area contributed by atoms with Crippen LogP contribution in [0.5, 0.6) is 0 Å². The van der Waals surface area contributed by atoms with Crippen molar-refractivity contribution in [2.75, 3.05) is 6.54 Å². The van der Waals surface area contributed by atoms with Gasteiger partial charge in [-0.05, 0) is 49.3 Å². The zero-order valence-electron chi connectivity index (χ0n) is 11.4. The van der Waals surface area contributed by atoms with Gasteiger partial charge in [0.05, 0.1) is 11.6 Å². The standard InChI is InChI=1S/C16H22N2/c1-3-16(9-4-10-16)12-18-13(2)15-7-5-14(11-17)6-8-15/h5-8,13,18H,3-4,9-10,12H2,1-2H3. The number of nitrogens with zero attached hydrogens (tertiary/aromatic N) is 1. The third-order valence-electron chi connectivity index (χ3n) is 4.49. The summed E-state index contributed by atoms with van der Waals surface area (Å²) in [7, 11) is 0. The molecule has 1 saturated carbocycles. The van der Waals surface area contributed by atoms with Crippen molar-refractivity contribution in [2.45, 2.75) is 45.6 Å². The van der Waals surface area contributed by atoms with Crippen molar-refractivity contribution in [3.63, 3.8) is 0 Å². The summed E-state index contributed by atoms with van der Waals surface area (Å²) in [6.45, 7) is 5.61. The highest BCUT2D eigenvalue weighted by Crippen LogP contribution is 2.43. The average Bonchev–Trinajstić information content (AvgIpc) is 2.38. The van der Waals surface area contributed by atoms with Crippen molar-refractivity contribution < 1.29 is 0 Å². The highest BCUT2D eigenvalue weighted by atomic mass is 14.9. The van der Waals surface area contributed by atoms with E-state index >= 15 is 0 Å². The van der Waals surface area contributed by atoms with E-state index in [1.165, 1.54) is 31.2 Å². The first-order valence-electron chi connectivity index (χ1n) is 6.92. The average molecular weight is 242 g/mol. The van der Waals surface area contributed by atoms with Crippen LogP contribution in [0.25, 0.3) is 0 Å². The van der Waals surface area contributed by atoms with E-state index in [2.05, 4.69) is 37.4 Å². The monoisotopic (exact) mass is 242 g/mol. The van der Waals surface area contributed by atoms with Gasteiger partial charge in [-0.3, -0.25) is 0 Å². The molecule has 1 unspecified atom stereocenters. The molecule has 96 valence electrons. The number of rotatable bonds is 5. The van der Waals surface area contributed by atoms with Gasteiger partial charge in [0.25, 0.3) is 0 Å². The van der Waals surface area contributed by atoms with Crippen LogP contribution in [0.3, 0.4) is 0 Å². The van der Waals surface area contributed by atoms with Gasteiger partial charge in [0.2, 0.25) is 0 Å². The molecule has 2 heteroatoms. The van der Waals surface area contributed by atoms with E-state index in [1.807, 2.05) is 12.1 Å². The number of benzene rings is 1. The van der Waals surface area contributed by atoms with Crippen LogP contribution in [0, 0.1) is 16.7 Å². The van der Waals surface area contributed by atoms with Crippen LogP contribution in [0.4, 0.5) is 0 Å². The van der Waals surface area contributed by atoms with Crippen molar-refractivity contribution in [1.82, 2.24) is 5.32 Å². The van der Waals surface area contributed by atoms with E-state index in [0.717, 1.165) is 12.1 Å². The second-order valence-corrected chi connectivity index (χ2v) is 5.54. The van der Waals surface area contributed by atoms with Crippen molar-refractivity contribution in [1.29, 1.82) is 5.26 Å². The van der Waals surface area contributed by atoms with Crippen molar-refractivity contribution in [3.8, 4) is 6.07 Å². The lowest BCUT2D eigenvalue weighted by molar-refractivity contribution is 0.120. The van der Waals surface area contributed by atoms with Gasteiger partial charge in [0, 0.05) is 12.6 Å². The second kappa shape index (κ2) is 5.54. The summed E-state index contributed by atoms with van der Waals surface area (Å²) in [4.78, 5) is 0. The Balaban J connectivity index is 1.91. The van der Waals surface area contributed by atoms with Gasteiger partial charge in [-0.15, -0.1) is 0 Å². The lowest BCUT2D eigenvalue weighted by Gasteiger charge is -2.42. The fraction of sp³-hybridized carbons (Fsp3) is 0.562.